The molecule has 1 fully saturated rings. The second kappa shape index (κ2) is 8.03. The van der Waals surface area contributed by atoms with Gasteiger partial charge >= 0.3 is 5.97 Å². The molecule has 1 atom stereocenters. The van der Waals surface area contributed by atoms with Crippen molar-refractivity contribution < 1.29 is 22.3 Å². The molecule has 2 aromatic heterocycles. The lowest BCUT2D eigenvalue weighted by molar-refractivity contribution is -0.140. The summed E-state index contributed by atoms with van der Waals surface area (Å²) in [6.07, 6.45) is 1.18. The van der Waals surface area contributed by atoms with Gasteiger partial charge in [0.25, 0.3) is 0 Å². The van der Waals surface area contributed by atoms with Crippen molar-refractivity contribution in [2.75, 3.05) is 18.6 Å². The van der Waals surface area contributed by atoms with Crippen molar-refractivity contribution in [2.45, 2.75) is 39.2 Å². The zero-order chi connectivity index (χ0) is 22.3. The average molecular weight is 446 g/mol. The number of pyridine rings is 1. The largest absolute Gasteiger partial charge is 0.469 e. The van der Waals surface area contributed by atoms with Gasteiger partial charge in [-0.3, -0.25) is 4.79 Å². The zero-order valence-electron chi connectivity index (χ0n) is 17.7. The van der Waals surface area contributed by atoms with Gasteiger partial charge < -0.3 is 4.74 Å². The highest BCUT2D eigenvalue weighted by atomic mass is 32.2. The molecule has 0 unspecified atom stereocenters. The highest BCUT2D eigenvalue weighted by Crippen LogP contribution is 2.36. The summed E-state index contributed by atoms with van der Waals surface area (Å²) in [7, 11) is -1.76. The molecule has 3 heterocycles. The maximum Gasteiger partial charge on any atom is 0.305 e. The summed E-state index contributed by atoms with van der Waals surface area (Å²) < 4.78 is 44.2. The molecular weight excluding hydrogens is 421 g/mol. The molecular formula is C22H24FN3O4S. The molecule has 0 radical (unpaired) electrons. The number of nitrogens with zero attached hydrogens (tertiary/aromatic N) is 3. The van der Waals surface area contributed by atoms with Crippen LogP contribution in [0.2, 0.25) is 0 Å². The van der Waals surface area contributed by atoms with E-state index in [1.807, 2.05) is 13.8 Å². The van der Waals surface area contributed by atoms with E-state index >= 15 is 0 Å². The van der Waals surface area contributed by atoms with Crippen molar-refractivity contribution in [3.05, 3.63) is 46.9 Å². The monoisotopic (exact) mass is 445 g/mol. The van der Waals surface area contributed by atoms with Crippen molar-refractivity contribution in [3.8, 4) is 11.3 Å². The molecule has 0 N–H and O–H groups in total. The van der Waals surface area contributed by atoms with E-state index in [0.29, 0.717) is 24.2 Å². The molecule has 4 rings (SSSR count). The summed E-state index contributed by atoms with van der Waals surface area (Å²) in [6.45, 7) is 3.83. The van der Waals surface area contributed by atoms with E-state index in [9.17, 15) is 17.6 Å². The number of esters is 1. The van der Waals surface area contributed by atoms with Crippen LogP contribution in [0.15, 0.2) is 24.3 Å². The Labute approximate surface area is 180 Å². The van der Waals surface area contributed by atoms with Crippen molar-refractivity contribution in [1.82, 2.24) is 14.8 Å². The van der Waals surface area contributed by atoms with Gasteiger partial charge in [-0.1, -0.05) is 0 Å². The van der Waals surface area contributed by atoms with E-state index in [1.54, 1.807) is 16.8 Å². The summed E-state index contributed by atoms with van der Waals surface area (Å²) in [6, 6.07) is 5.75. The molecule has 0 saturated carbocycles. The first kappa shape index (κ1) is 21.4. The molecule has 1 saturated heterocycles. The first-order chi connectivity index (χ1) is 14.7. The second-order valence-corrected chi connectivity index (χ2v) is 10.2. The topological polar surface area (TPSA) is 91.2 Å². The lowest BCUT2D eigenvalue weighted by Gasteiger charge is -2.13. The third kappa shape index (κ3) is 4.06. The van der Waals surface area contributed by atoms with Gasteiger partial charge in [0.1, 0.15) is 11.5 Å². The van der Waals surface area contributed by atoms with Crippen LogP contribution in [0.3, 0.4) is 0 Å². The van der Waals surface area contributed by atoms with E-state index in [0.717, 1.165) is 27.8 Å². The summed E-state index contributed by atoms with van der Waals surface area (Å²) in [5, 5.41) is 5.56. The van der Waals surface area contributed by atoms with Crippen LogP contribution in [0.1, 0.15) is 35.7 Å². The SMILES string of the molecule is COC(=O)CCc1c(C)nc2c(c(-c3ccc(F)cc3)nn2[C@H]2CCS(=O)(=O)C2)c1C. The third-order valence-corrected chi connectivity index (χ3v) is 7.65. The molecule has 1 aromatic carbocycles. The van der Waals surface area contributed by atoms with Gasteiger partial charge in [-0.15, -0.1) is 0 Å². The van der Waals surface area contributed by atoms with E-state index in [-0.39, 0.29) is 35.8 Å². The maximum atomic E-state index is 13.5. The number of ether oxygens (including phenoxy) is 1. The van der Waals surface area contributed by atoms with Crippen LogP contribution in [0.5, 0.6) is 0 Å². The minimum Gasteiger partial charge on any atom is -0.469 e. The van der Waals surface area contributed by atoms with Crippen LogP contribution < -0.4 is 0 Å². The van der Waals surface area contributed by atoms with Crippen LogP contribution in [0, 0.1) is 19.7 Å². The van der Waals surface area contributed by atoms with Crippen LogP contribution >= 0.6 is 0 Å². The molecule has 1 aliphatic heterocycles. The number of hydrogen-bond acceptors (Lipinski definition) is 6. The molecule has 3 aromatic rings. The average Bonchev–Trinajstić information content (AvgIpc) is 3.28. The van der Waals surface area contributed by atoms with Crippen LogP contribution in [-0.2, 0) is 25.8 Å². The van der Waals surface area contributed by atoms with Gasteiger partial charge in [0.05, 0.1) is 30.0 Å². The number of halogens is 1. The predicted octanol–water partition coefficient (Wildman–Crippen LogP) is 3.32. The maximum absolute atomic E-state index is 13.5. The Hall–Kier alpha value is -2.81. The van der Waals surface area contributed by atoms with Crippen molar-refractivity contribution >= 4 is 26.8 Å². The first-order valence-electron chi connectivity index (χ1n) is 10.1. The fourth-order valence-electron chi connectivity index (χ4n) is 4.26. The minimum absolute atomic E-state index is 0.0243. The Morgan fingerprint density at radius 3 is 2.58 bits per heavy atom. The normalized spacial score (nSPS) is 17.9. The third-order valence-electron chi connectivity index (χ3n) is 5.90. The highest BCUT2D eigenvalue weighted by molar-refractivity contribution is 7.91. The van der Waals surface area contributed by atoms with Crippen molar-refractivity contribution in [2.24, 2.45) is 0 Å². The zero-order valence-corrected chi connectivity index (χ0v) is 18.5. The molecule has 31 heavy (non-hydrogen) atoms. The number of hydrogen-bond donors (Lipinski definition) is 0. The predicted molar refractivity (Wildman–Crippen MR) is 115 cm³/mol. The number of aryl methyl sites for hydroxylation is 2. The minimum atomic E-state index is -3.11. The molecule has 9 heteroatoms. The number of aromatic nitrogens is 3. The summed E-state index contributed by atoms with van der Waals surface area (Å²) in [5.41, 5.74) is 4.58. The number of carbonyl (C=O) groups is 1. The number of sulfone groups is 1. The van der Waals surface area contributed by atoms with Gasteiger partial charge in [-0.2, -0.15) is 5.10 Å². The number of fused-ring (bicyclic) bond motifs is 1. The number of methoxy groups -OCH3 is 1. The van der Waals surface area contributed by atoms with Gasteiger partial charge in [-0.05, 0) is 62.1 Å². The summed E-state index contributed by atoms with van der Waals surface area (Å²) in [5.74, 6) is -0.500. The summed E-state index contributed by atoms with van der Waals surface area (Å²) in [4.78, 5) is 16.5. The number of carbonyl (C=O) groups excluding carboxylic acids is 1. The van der Waals surface area contributed by atoms with E-state index in [2.05, 4.69) is 0 Å². The summed E-state index contributed by atoms with van der Waals surface area (Å²) >= 11 is 0. The quantitative estimate of drug-likeness (QED) is 0.560. The molecule has 0 aliphatic carbocycles. The lowest BCUT2D eigenvalue weighted by Crippen LogP contribution is -2.13. The fourth-order valence-corrected chi connectivity index (χ4v) is 5.95. The Bertz CT molecular complexity index is 1270. The van der Waals surface area contributed by atoms with Crippen LogP contribution in [0.25, 0.3) is 22.3 Å². The number of benzene rings is 1. The molecule has 7 nitrogen and oxygen atoms in total. The highest BCUT2D eigenvalue weighted by Gasteiger charge is 2.32. The van der Waals surface area contributed by atoms with Crippen molar-refractivity contribution in [1.29, 1.82) is 0 Å². The lowest BCUT2D eigenvalue weighted by atomic mass is 9.97. The standard InChI is InChI=1S/C22H24FN3O4S/c1-13-18(8-9-19(27)30-3)14(2)24-22-20(13)21(15-4-6-16(23)7-5-15)25-26(22)17-10-11-31(28,29)12-17/h4-7,17H,8-12H2,1-3H3/t17-/m0/s1. The second-order valence-electron chi connectivity index (χ2n) is 7.93. The molecule has 0 spiro atoms. The van der Waals surface area contributed by atoms with Gasteiger partial charge in [0.2, 0.25) is 0 Å². The van der Waals surface area contributed by atoms with Crippen LogP contribution in [-0.4, -0.2) is 47.8 Å². The van der Waals surface area contributed by atoms with Crippen LogP contribution in [0.4, 0.5) is 4.39 Å². The molecule has 1 aliphatic rings. The van der Waals surface area contributed by atoms with E-state index < -0.39 is 9.84 Å². The van der Waals surface area contributed by atoms with E-state index in [4.69, 9.17) is 14.8 Å². The van der Waals surface area contributed by atoms with Gasteiger partial charge in [-0.25, -0.2) is 22.5 Å². The van der Waals surface area contributed by atoms with Crippen molar-refractivity contribution in [3.63, 3.8) is 0 Å². The Morgan fingerprint density at radius 2 is 1.97 bits per heavy atom. The number of rotatable bonds is 5. The molecule has 164 valence electrons. The van der Waals surface area contributed by atoms with Gasteiger partial charge in [0, 0.05) is 17.7 Å². The molecule has 0 amide bonds. The Balaban J connectivity index is 1.91. The molecule has 0 bridgehead atoms. The fraction of sp³-hybridized carbons (Fsp3) is 0.409. The van der Waals surface area contributed by atoms with E-state index in [1.165, 1.54) is 19.2 Å². The Morgan fingerprint density at radius 1 is 1.26 bits per heavy atom. The smallest absolute Gasteiger partial charge is 0.305 e. The van der Waals surface area contributed by atoms with Gasteiger partial charge in [0.15, 0.2) is 15.5 Å². The Kier molecular flexibility index (Phi) is 5.55. The first-order valence-corrected chi connectivity index (χ1v) is 11.9.